The molecule has 0 radical (unpaired) electrons. The molecule has 2 aliphatic rings. The quantitative estimate of drug-likeness (QED) is 0.291. The maximum Gasteiger partial charge on any atom is 0.143 e. The average Bonchev–Trinajstić information content (AvgIpc) is 2.41. The smallest absolute Gasteiger partial charge is 0.143 e. The van der Waals surface area contributed by atoms with Crippen molar-refractivity contribution in [1.82, 2.24) is 15.3 Å². The topological polar surface area (TPSA) is 93.8 Å². The Balaban J connectivity index is 2.26. The van der Waals surface area contributed by atoms with Crippen LogP contribution in [0.1, 0.15) is 0 Å². The lowest BCUT2D eigenvalue weighted by atomic mass is 10.1. The van der Waals surface area contributed by atoms with E-state index in [4.69, 9.17) is 10.9 Å². The molecule has 0 aliphatic carbocycles. The van der Waals surface area contributed by atoms with Gasteiger partial charge in [-0.2, -0.15) is 0 Å². The van der Waals surface area contributed by atoms with E-state index in [0.29, 0.717) is 12.2 Å². The molecule has 2 aliphatic heterocycles. The molecule has 0 fully saturated rings. The van der Waals surface area contributed by atoms with Gasteiger partial charge < -0.3 is 15.6 Å². The number of hydrazine groups is 1. The highest BCUT2D eigenvalue weighted by molar-refractivity contribution is 7.98. The second-order valence-corrected chi connectivity index (χ2v) is 3.52. The van der Waals surface area contributed by atoms with Gasteiger partial charge in [0.2, 0.25) is 0 Å². The van der Waals surface area contributed by atoms with Crippen LogP contribution in [0.3, 0.4) is 0 Å². The van der Waals surface area contributed by atoms with Gasteiger partial charge in [-0.1, -0.05) is 0 Å². The van der Waals surface area contributed by atoms with Crippen molar-refractivity contribution in [2.24, 2.45) is 5.73 Å². The highest BCUT2D eigenvalue weighted by atomic mass is 32.2. The molecule has 7 heteroatoms. The van der Waals surface area contributed by atoms with Crippen LogP contribution in [0.5, 0.6) is 0 Å². The van der Waals surface area contributed by atoms with Gasteiger partial charge in [0.1, 0.15) is 11.6 Å². The van der Waals surface area contributed by atoms with Crippen LogP contribution in [0, 0.1) is 0 Å². The predicted molar refractivity (Wildman–Crippen MR) is 43.4 cm³/mol. The van der Waals surface area contributed by atoms with Crippen molar-refractivity contribution in [1.29, 1.82) is 0 Å². The summed E-state index contributed by atoms with van der Waals surface area (Å²) in [5.41, 5.74) is 9.15. The highest BCUT2D eigenvalue weighted by Crippen LogP contribution is 2.28. The van der Waals surface area contributed by atoms with Crippen molar-refractivity contribution in [2.75, 3.05) is 6.54 Å². The van der Waals surface area contributed by atoms with E-state index in [9.17, 15) is 5.11 Å². The fourth-order valence-electron chi connectivity index (χ4n) is 1.21. The van der Waals surface area contributed by atoms with Gasteiger partial charge in [0.25, 0.3) is 0 Å². The molecule has 0 aromatic carbocycles. The zero-order valence-corrected chi connectivity index (χ0v) is 7.01. The maximum atomic E-state index is 9.38. The summed E-state index contributed by atoms with van der Waals surface area (Å²) in [4.78, 5) is 0. The Hall–Kier alpha value is -0.310. The molecule has 2 heterocycles. The van der Waals surface area contributed by atoms with Gasteiger partial charge in [-0.3, -0.25) is 5.21 Å². The maximum absolute atomic E-state index is 9.38. The number of hydrogen-bond donors (Lipinski definition) is 5. The van der Waals surface area contributed by atoms with Gasteiger partial charge in [-0.25, -0.2) is 5.43 Å². The minimum atomic E-state index is -0.626. The van der Waals surface area contributed by atoms with E-state index in [-0.39, 0.29) is 0 Å². The lowest BCUT2D eigenvalue weighted by Crippen LogP contribution is -2.54. The number of aliphatic hydroxyl groups is 1. The molecule has 0 saturated carbocycles. The SMILES string of the molecule is NC1C2=C(CNN1O)C(O)SN2. The molecular weight excluding hydrogens is 180 g/mol. The Morgan fingerprint density at radius 2 is 2.42 bits per heavy atom. The minimum absolute atomic E-state index is 0.417. The largest absolute Gasteiger partial charge is 0.376 e. The molecule has 0 aromatic rings. The third kappa shape index (κ3) is 1.11. The molecule has 0 saturated heterocycles. The molecule has 0 amide bonds. The number of nitrogens with two attached hydrogens (primary N) is 1. The first-order valence-corrected chi connectivity index (χ1v) is 4.38. The average molecular weight is 190 g/mol. The molecular formula is C5H10N4O2S. The number of hydrogen-bond acceptors (Lipinski definition) is 7. The zero-order chi connectivity index (χ0) is 8.72. The second kappa shape index (κ2) is 2.87. The highest BCUT2D eigenvalue weighted by Gasteiger charge is 2.34. The Kier molecular flexibility index (Phi) is 1.99. The van der Waals surface area contributed by atoms with E-state index < -0.39 is 11.6 Å². The van der Waals surface area contributed by atoms with Gasteiger partial charge in [0, 0.05) is 12.1 Å². The normalized spacial score (nSPS) is 36.6. The number of hydroxylamine groups is 1. The summed E-state index contributed by atoms with van der Waals surface area (Å²) in [6.45, 7) is 0.417. The molecule has 0 aromatic heterocycles. The van der Waals surface area contributed by atoms with Crippen LogP contribution in [0.2, 0.25) is 0 Å². The number of rotatable bonds is 0. The van der Waals surface area contributed by atoms with Crippen molar-refractivity contribution >= 4 is 11.9 Å². The first-order valence-electron chi connectivity index (χ1n) is 3.50. The number of aliphatic hydroxyl groups excluding tert-OH is 1. The van der Waals surface area contributed by atoms with Gasteiger partial charge in [0.15, 0.2) is 0 Å². The standard InChI is InChI=1S/C5H10N4O2S/c6-4-3-2(1-7-9(4)11)5(10)12-8-3/h4-5,7-8,10-11H,1,6H2. The van der Waals surface area contributed by atoms with E-state index in [1.807, 2.05) is 0 Å². The van der Waals surface area contributed by atoms with Crippen LogP contribution in [-0.2, 0) is 0 Å². The lowest BCUT2D eigenvalue weighted by molar-refractivity contribution is -0.163. The van der Waals surface area contributed by atoms with Crippen molar-refractivity contribution in [3.05, 3.63) is 11.3 Å². The third-order valence-electron chi connectivity index (χ3n) is 1.92. The van der Waals surface area contributed by atoms with Gasteiger partial charge in [-0.15, -0.1) is 5.17 Å². The van der Waals surface area contributed by atoms with Crippen LogP contribution in [0.15, 0.2) is 11.3 Å². The molecule has 2 unspecified atom stereocenters. The Morgan fingerprint density at radius 1 is 1.67 bits per heavy atom. The summed E-state index contributed by atoms with van der Waals surface area (Å²) in [5, 5.41) is 19.3. The first-order chi connectivity index (χ1) is 5.70. The van der Waals surface area contributed by atoms with Crippen LogP contribution in [0.4, 0.5) is 0 Å². The molecule has 2 atom stereocenters. The van der Waals surface area contributed by atoms with Crippen LogP contribution in [0.25, 0.3) is 0 Å². The van der Waals surface area contributed by atoms with Crippen molar-refractivity contribution in [2.45, 2.75) is 11.6 Å². The van der Waals surface area contributed by atoms with Gasteiger partial charge >= 0.3 is 0 Å². The number of nitrogens with zero attached hydrogens (tertiary/aromatic N) is 1. The summed E-state index contributed by atoms with van der Waals surface area (Å²) in [7, 11) is 0. The van der Waals surface area contributed by atoms with Gasteiger partial charge in [0.05, 0.1) is 5.70 Å². The third-order valence-corrected chi connectivity index (χ3v) is 2.76. The molecule has 6 N–H and O–H groups in total. The number of nitrogens with one attached hydrogen (secondary N) is 2. The summed E-state index contributed by atoms with van der Waals surface area (Å²) < 4.78 is 2.87. The van der Waals surface area contributed by atoms with Crippen molar-refractivity contribution < 1.29 is 10.3 Å². The van der Waals surface area contributed by atoms with Crippen LogP contribution in [-0.4, -0.2) is 33.6 Å². The minimum Gasteiger partial charge on any atom is -0.376 e. The lowest BCUT2D eigenvalue weighted by Gasteiger charge is -2.29. The van der Waals surface area contributed by atoms with Crippen molar-refractivity contribution in [3.63, 3.8) is 0 Å². The zero-order valence-electron chi connectivity index (χ0n) is 6.19. The molecule has 68 valence electrons. The summed E-state index contributed by atoms with van der Waals surface area (Å²) in [5.74, 6) is 0. The van der Waals surface area contributed by atoms with Crippen molar-refractivity contribution in [3.8, 4) is 0 Å². The monoisotopic (exact) mass is 190 g/mol. The molecule has 6 nitrogen and oxygen atoms in total. The Bertz CT molecular complexity index is 233. The van der Waals surface area contributed by atoms with Crippen LogP contribution >= 0.6 is 11.9 Å². The molecule has 0 spiro atoms. The predicted octanol–water partition coefficient (Wildman–Crippen LogP) is -1.70. The van der Waals surface area contributed by atoms with E-state index in [1.165, 1.54) is 11.9 Å². The first kappa shape index (κ1) is 8.30. The fourth-order valence-corrected chi connectivity index (χ4v) is 2.05. The summed E-state index contributed by atoms with van der Waals surface area (Å²) in [6, 6.07) is 0. The summed E-state index contributed by atoms with van der Waals surface area (Å²) in [6.07, 6.45) is -0.626. The van der Waals surface area contributed by atoms with E-state index >= 15 is 0 Å². The Labute approximate surface area is 73.5 Å². The van der Waals surface area contributed by atoms with Crippen LogP contribution < -0.4 is 15.9 Å². The summed E-state index contributed by atoms with van der Waals surface area (Å²) >= 11 is 1.18. The molecule has 0 bridgehead atoms. The molecule has 12 heavy (non-hydrogen) atoms. The fraction of sp³-hybridized carbons (Fsp3) is 0.600. The van der Waals surface area contributed by atoms with E-state index in [2.05, 4.69) is 10.1 Å². The van der Waals surface area contributed by atoms with E-state index in [1.54, 1.807) is 0 Å². The Morgan fingerprint density at radius 3 is 3.17 bits per heavy atom. The molecule has 2 rings (SSSR count). The van der Waals surface area contributed by atoms with Gasteiger partial charge in [-0.05, 0) is 11.9 Å². The van der Waals surface area contributed by atoms with E-state index in [0.717, 1.165) is 10.7 Å². The second-order valence-electron chi connectivity index (χ2n) is 2.64.